The Balaban J connectivity index is 0.00000169. The van der Waals surface area contributed by atoms with Gasteiger partial charge in [-0.05, 0) is 37.8 Å². The van der Waals surface area contributed by atoms with Crippen LogP contribution in [-0.2, 0) is 11.3 Å². The minimum absolute atomic E-state index is 0. The summed E-state index contributed by atoms with van der Waals surface area (Å²) in [5, 5.41) is 6.41. The first-order valence-electron chi connectivity index (χ1n) is 8.25. The van der Waals surface area contributed by atoms with Crippen molar-refractivity contribution in [3.8, 4) is 11.3 Å². The summed E-state index contributed by atoms with van der Waals surface area (Å²) in [6.07, 6.45) is 4.70. The number of amides is 1. The van der Waals surface area contributed by atoms with Gasteiger partial charge in [0.1, 0.15) is 5.69 Å². The Kier molecular flexibility index (Phi) is 4.92. The second kappa shape index (κ2) is 6.95. The van der Waals surface area contributed by atoms with E-state index in [1.54, 1.807) is 0 Å². The maximum Gasteiger partial charge on any atom is 0.224 e. The molecule has 1 aliphatic heterocycles. The van der Waals surface area contributed by atoms with E-state index in [4.69, 9.17) is 4.42 Å². The first kappa shape index (κ1) is 17.0. The number of benzene rings is 1. The molecule has 1 saturated carbocycles. The summed E-state index contributed by atoms with van der Waals surface area (Å²) in [5.41, 5.74) is 2.03. The Hall–Kier alpha value is -1.85. The number of hydrogen-bond acceptors (Lipinski definition) is 4. The topological polar surface area (TPSA) is 67.2 Å². The van der Waals surface area contributed by atoms with Crippen molar-refractivity contribution < 1.29 is 9.21 Å². The number of piperidine rings is 1. The molecule has 128 valence electrons. The van der Waals surface area contributed by atoms with Crippen LogP contribution in [0.4, 0.5) is 0 Å². The molecule has 1 aromatic heterocycles. The van der Waals surface area contributed by atoms with Crippen LogP contribution in [0.25, 0.3) is 11.3 Å². The van der Waals surface area contributed by atoms with Crippen molar-refractivity contribution >= 4 is 18.3 Å². The van der Waals surface area contributed by atoms with Gasteiger partial charge in [-0.3, -0.25) is 4.79 Å². The largest absolute Gasteiger partial charge is 0.443 e. The monoisotopic (exact) mass is 347 g/mol. The van der Waals surface area contributed by atoms with Crippen molar-refractivity contribution in [2.75, 3.05) is 13.1 Å². The number of rotatable bonds is 4. The van der Waals surface area contributed by atoms with Crippen molar-refractivity contribution in [3.05, 3.63) is 42.4 Å². The zero-order chi connectivity index (χ0) is 15.7. The second-order valence-electron chi connectivity index (χ2n) is 6.58. The molecule has 2 N–H and O–H groups in total. The van der Waals surface area contributed by atoms with E-state index >= 15 is 0 Å². The van der Waals surface area contributed by atoms with Crippen LogP contribution in [0, 0.1) is 11.3 Å². The first-order valence-corrected chi connectivity index (χ1v) is 8.25. The molecule has 0 radical (unpaired) electrons. The number of carbonyl (C=O) groups is 1. The summed E-state index contributed by atoms with van der Waals surface area (Å²) in [6, 6.07) is 9.86. The van der Waals surface area contributed by atoms with E-state index < -0.39 is 0 Å². The number of nitrogens with one attached hydrogen (secondary N) is 2. The van der Waals surface area contributed by atoms with Crippen LogP contribution in [0.3, 0.4) is 0 Å². The third-order valence-corrected chi connectivity index (χ3v) is 5.21. The fourth-order valence-electron chi connectivity index (χ4n) is 3.71. The highest BCUT2D eigenvalue weighted by Gasteiger charge is 2.57. The molecule has 0 bridgehead atoms. The molecule has 2 heterocycles. The zero-order valence-corrected chi connectivity index (χ0v) is 14.3. The molecule has 1 saturated heterocycles. The molecule has 4 rings (SSSR count). The quantitative estimate of drug-likeness (QED) is 0.892. The molecule has 1 unspecified atom stereocenters. The van der Waals surface area contributed by atoms with Gasteiger partial charge in [-0.15, -0.1) is 12.4 Å². The second-order valence-corrected chi connectivity index (χ2v) is 6.58. The molecule has 5 nitrogen and oxygen atoms in total. The van der Waals surface area contributed by atoms with E-state index in [0.29, 0.717) is 6.54 Å². The number of aromatic nitrogens is 1. The third kappa shape index (κ3) is 3.19. The number of hydrogen-bond donors (Lipinski definition) is 2. The number of carbonyl (C=O) groups excluding carboxylic acids is 1. The fraction of sp³-hybridized carbons (Fsp3) is 0.444. The van der Waals surface area contributed by atoms with Crippen LogP contribution in [0.1, 0.15) is 25.0 Å². The molecular weight excluding hydrogens is 326 g/mol. The lowest BCUT2D eigenvalue weighted by Gasteiger charge is -2.23. The van der Waals surface area contributed by atoms with Gasteiger partial charge in [-0.25, -0.2) is 4.98 Å². The summed E-state index contributed by atoms with van der Waals surface area (Å²) in [6.45, 7) is 2.49. The number of oxazole rings is 1. The zero-order valence-electron chi connectivity index (χ0n) is 13.5. The highest BCUT2D eigenvalue weighted by molar-refractivity contribution is 5.85. The van der Waals surface area contributed by atoms with Crippen LogP contribution >= 0.6 is 12.4 Å². The smallest absolute Gasteiger partial charge is 0.224 e. The third-order valence-electron chi connectivity index (χ3n) is 5.21. The summed E-state index contributed by atoms with van der Waals surface area (Å²) in [4.78, 5) is 16.7. The molecule has 1 amide bonds. The average Bonchev–Trinajstić information content (AvgIpc) is 3.08. The highest BCUT2D eigenvalue weighted by atomic mass is 35.5. The molecule has 6 heteroatoms. The Morgan fingerprint density at radius 2 is 2.04 bits per heavy atom. The van der Waals surface area contributed by atoms with Gasteiger partial charge in [0.25, 0.3) is 0 Å². The summed E-state index contributed by atoms with van der Waals surface area (Å²) >= 11 is 0. The molecule has 1 atom stereocenters. The van der Waals surface area contributed by atoms with Gasteiger partial charge >= 0.3 is 0 Å². The lowest BCUT2D eigenvalue weighted by atomic mass is 9.92. The maximum atomic E-state index is 12.4. The minimum atomic E-state index is 0. The van der Waals surface area contributed by atoms with Crippen LogP contribution < -0.4 is 10.6 Å². The SMILES string of the molecule is Cl.O=C(NCc1ncoc1-c1ccccc1)C1CC12CCNCC2. The van der Waals surface area contributed by atoms with E-state index in [1.807, 2.05) is 30.3 Å². The van der Waals surface area contributed by atoms with Crippen molar-refractivity contribution in [2.45, 2.75) is 25.8 Å². The van der Waals surface area contributed by atoms with Gasteiger partial charge < -0.3 is 15.1 Å². The molecule has 2 aliphatic rings. The lowest BCUT2D eigenvalue weighted by Crippen LogP contribution is -2.33. The van der Waals surface area contributed by atoms with Crippen LogP contribution in [-0.4, -0.2) is 24.0 Å². The molecule has 1 aromatic carbocycles. The van der Waals surface area contributed by atoms with Crippen molar-refractivity contribution in [1.29, 1.82) is 0 Å². The van der Waals surface area contributed by atoms with Crippen LogP contribution in [0.2, 0.25) is 0 Å². The van der Waals surface area contributed by atoms with E-state index in [2.05, 4.69) is 15.6 Å². The van der Waals surface area contributed by atoms with E-state index in [-0.39, 0.29) is 29.6 Å². The van der Waals surface area contributed by atoms with Crippen molar-refractivity contribution in [2.24, 2.45) is 11.3 Å². The minimum Gasteiger partial charge on any atom is -0.443 e. The normalized spacial score (nSPS) is 21.1. The highest BCUT2D eigenvalue weighted by Crippen LogP contribution is 2.58. The van der Waals surface area contributed by atoms with E-state index in [0.717, 1.165) is 49.4 Å². The molecule has 1 spiro atoms. The maximum absolute atomic E-state index is 12.4. The predicted octanol–water partition coefficient (Wildman–Crippen LogP) is 2.77. The fourth-order valence-corrected chi connectivity index (χ4v) is 3.71. The molecule has 24 heavy (non-hydrogen) atoms. The Morgan fingerprint density at radius 3 is 2.79 bits per heavy atom. The van der Waals surface area contributed by atoms with E-state index in [9.17, 15) is 4.79 Å². The van der Waals surface area contributed by atoms with Gasteiger partial charge in [0.05, 0.1) is 6.54 Å². The molecule has 2 aromatic rings. The first-order chi connectivity index (χ1) is 11.3. The lowest BCUT2D eigenvalue weighted by molar-refractivity contribution is -0.123. The average molecular weight is 348 g/mol. The summed E-state index contributed by atoms with van der Waals surface area (Å²) in [5.74, 6) is 1.07. The van der Waals surface area contributed by atoms with Crippen LogP contribution in [0.5, 0.6) is 0 Å². The van der Waals surface area contributed by atoms with Crippen molar-refractivity contribution in [3.63, 3.8) is 0 Å². The van der Waals surface area contributed by atoms with Gasteiger partial charge in [0.15, 0.2) is 12.2 Å². The van der Waals surface area contributed by atoms with Gasteiger partial charge in [-0.2, -0.15) is 0 Å². The van der Waals surface area contributed by atoms with E-state index in [1.165, 1.54) is 6.39 Å². The number of nitrogens with zero attached hydrogens (tertiary/aromatic N) is 1. The Bertz CT molecular complexity index is 695. The Labute approximate surface area is 147 Å². The summed E-state index contributed by atoms with van der Waals surface area (Å²) < 4.78 is 5.50. The molecule has 1 aliphatic carbocycles. The van der Waals surface area contributed by atoms with Crippen LogP contribution in [0.15, 0.2) is 41.1 Å². The van der Waals surface area contributed by atoms with Gasteiger partial charge in [-0.1, -0.05) is 30.3 Å². The number of halogens is 1. The summed E-state index contributed by atoms with van der Waals surface area (Å²) in [7, 11) is 0. The molecular formula is C18H22ClN3O2. The molecule has 2 fully saturated rings. The predicted molar refractivity (Wildman–Crippen MR) is 93.7 cm³/mol. The van der Waals surface area contributed by atoms with Gasteiger partial charge in [0.2, 0.25) is 5.91 Å². The standard InChI is InChI=1S/C18H21N3O2.ClH/c22-17(14-10-18(14)6-8-19-9-7-18)20-11-15-16(23-12-21-15)13-4-2-1-3-5-13;/h1-5,12,14,19H,6-11H2,(H,20,22);1H. The van der Waals surface area contributed by atoms with Crippen molar-refractivity contribution in [1.82, 2.24) is 15.6 Å². The Morgan fingerprint density at radius 1 is 1.29 bits per heavy atom. The van der Waals surface area contributed by atoms with Gasteiger partial charge in [0, 0.05) is 11.5 Å².